The molecule has 28 heavy (non-hydrogen) atoms. The van der Waals surface area contributed by atoms with Gasteiger partial charge in [0.05, 0.1) is 24.5 Å². The summed E-state index contributed by atoms with van der Waals surface area (Å²) in [7, 11) is -3.61. The smallest absolute Gasteiger partial charge is 0.246 e. The van der Waals surface area contributed by atoms with Crippen molar-refractivity contribution in [3.05, 3.63) is 40.7 Å². The van der Waals surface area contributed by atoms with Crippen molar-refractivity contribution in [2.45, 2.75) is 53.0 Å². The molecule has 1 heterocycles. The lowest BCUT2D eigenvalue weighted by atomic mass is 10.1. The van der Waals surface area contributed by atoms with Crippen LogP contribution < -0.4 is 4.74 Å². The summed E-state index contributed by atoms with van der Waals surface area (Å²) in [5.41, 5.74) is 2.40. The zero-order valence-corrected chi connectivity index (χ0v) is 18.3. The van der Waals surface area contributed by atoms with E-state index in [1.807, 2.05) is 20.8 Å². The van der Waals surface area contributed by atoms with Gasteiger partial charge in [-0.25, -0.2) is 8.42 Å². The summed E-state index contributed by atoms with van der Waals surface area (Å²) >= 11 is 0. The Balaban J connectivity index is 2.52. The number of aromatic nitrogens is 2. The van der Waals surface area contributed by atoms with Crippen molar-refractivity contribution in [2.24, 2.45) is 0 Å². The molecule has 0 fully saturated rings. The fourth-order valence-electron chi connectivity index (χ4n) is 3.28. The second kappa shape index (κ2) is 8.87. The highest BCUT2D eigenvalue weighted by Crippen LogP contribution is 2.27. The second-order valence-corrected chi connectivity index (χ2v) is 8.43. The summed E-state index contributed by atoms with van der Waals surface area (Å²) < 4.78 is 34.8. The van der Waals surface area contributed by atoms with Gasteiger partial charge < -0.3 is 4.74 Å². The zero-order valence-electron chi connectivity index (χ0n) is 17.4. The molecule has 7 nitrogen and oxygen atoms in total. The minimum Gasteiger partial charge on any atom is -0.494 e. The predicted octanol–water partition coefficient (Wildman–Crippen LogP) is 3.18. The molecule has 0 aliphatic rings. The van der Waals surface area contributed by atoms with Crippen LogP contribution in [0.3, 0.4) is 0 Å². The third-order valence-corrected chi connectivity index (χ3v) is 7.01. The molecule has 1 aromatic heterocycles. The Morgan fingerprint density at radius 2 is 1.82 bits per heavy atom. The standard InChI is InChI=1S/C20H29N3O4S/c1-7-22(8-2)28(25,26)20-14(4)21-23(15(20)5)13-18-12-17(16(6)24)10-11-19(18)27-9-3/h10-12H,7-9,13H2,1-6H3. The first-order chi connectivity index (χ1) is 13.2. The van der Waals surface area contributed by atoms with Crippen LogP contribution in [-0.4, -0.2) is 48.0 Å². The van der Waals surface area contributed by atoms with Crippen molar-refractivity contribution >= 4 is 15.8 Å². The van der Waals surface area contributed by atoms with Gasteiger partial charge >= 0.3 is 0 Å². The Morgan fingerprint density at radius 3 is 2.36 bits per heavy atom. The number of ether oxygens (including phenoxy) is 1. The number of hydrogen-bond donors (Lipinski definition) is 0. The van der Waals surface area contributed by atoms with Crippen LogP contribution in [0.15, 0.2) is 23.1 Å². The van der Waals surface area contributed by atoms with Crippen molar-refractivity contribution < 1.29 is 17.9 Å². The summed E-state index contributed by atoms with van der Waals surface area (Å²) in [4.78, 5) is 12.0. The Bertz CT molecular complexity index is 960. The van der Waals surface area contributed by atoms with Crippen LogP contribution in [0.1, 0.15) is 55.0 Å². The molecular weight excluding hydrogens is 378 g/mol. The Hall–Kier alpha value is -2.19. The van der Waals surface area contributed by atoms with Gasteiger partial charge in [-0.15, -0.1) is 0 Å². The number of ketones is 1. The molecule has 0 unspecified atom stereocenters. The van der Waals surface area contributed by atoms with Gasteiger partial charge in [0.1, 0.15) is 10.6 Å². The fourth-order valence-corrected chi connectivity index (χ4v) is 5.11. The molecule has 0 radical (unpaired) electrons. The molecule has 154 valence electrons. The molecule has 0 amide bonds. The number of carbonyl (C=O) groups is 1. The molecule has 1 aromatic carbocycles. The van der Waals surface area contributed by atoms with Crippen LogP contribution in [0.25, 0.3) is 0 Å². The quantitative estimate of drug-likeness (QED) is 0.596. The van der Waals surface area contributed by atoms with Gasteiger partial charge in [-0.05, 0) is 45.9 Å². The van der Waals surface area contributed by atoms with Gasteiger partial charge in [0.25, 0.3) is 0 Å². The molecule has 2 rings (SSSR count). The SMILES string of the molecule is CCOc1ccc(C(C)=O)cc1Cn1nc(C)c(S(=O)(=O)N(CC)CC)c1C. The van der Waals surface area contributed by atoms with Gasteiger partial charge in [0.2, 0.25) is 10.0 Å². The molecule has 0 saturated carbocycles. The lowest BCUT2D eigenvalue weighted by Crippen LogP contribution is -2.31. The first kappa shape index (κ1) is 22.1. The molecule has 2 aromatic rings. The highest BCUT2D eigenvalue weighted by atomic mass is 32.2. The minimum absolute atomic E-state index is 0.0394. The van der Waals surface area contributed by atoms with Gasteiger partial charge in [-0.3, -0.25) is 9.48 Å². The molecule has 0 bridgehead atoms. The van der Waals surface area contributed by atoms with Crippen molar-refractivity contribution in [3.63, 3.8) is 0 Å². The summed E-state index contributed by atoms with van der Waals surface area (Å²) in [6, 6.07) is 5.28. The monoisotopic (exact) mass is 407 g/mol. The average molecular weight is 408 g/mol. The van der Waals surface area contributed by atoms with Crippen LogP contribution in [0.4, 0.5) is 0 Å². The van der Waals surface area contributed by atoms with E-state index in [4.69, 9.17) is 4.74 Å². The topological polar surface area (TPSA) is 81.5 Å². The number of nitrogens with zero attached hydrogens (tertiary/aromatic N) is 3. The van der Waals surface area contributed by atoms with Crippen molar-refractivity contribution in [1.29, 1.82) is 0 Å². The number of hydrogen-bond acceptors (Lipinski definition) is 5. The molecule has 0 aliphatic carbocycles. The van der Waals surface area contributed by atoms with E-state index in [1.54, 1.807) is 36.7 Å². The van der Waals surface area contributed by atoms with E-state index in [9.17, 15) is 13.2 Å². The molecule has 0 N–H and O–H groups in total. The van der Waals surface area contributed by atoms with E-state index in [-0.39, 0.29) is 10.7 Å². The van der Waals surface area contributed by atoms with Gasteiger partial charge in [0, 0.05) is 24.2 Å². The Kier molecular flexibility index (Phi) is 7.01. The maximum absolute atomic E-state index is 13.0. The lowest BCUT2D eigenvalue weighted by Gasteiger charge is -2.18. The molecule has 0 aliphatic heterocycles. The van der Waals surface area contributed by atoms with E-state index < -0.39 is 10.0 Å². The highest BCUT2D eigenvalue weighted by molar-refractivity contribution is 7.89. The highest BCUT2D eigenvalue weighted by Gasteiger charge is 2.29. The number of rotatable bonds is 9. The van der Waals surface area contributed by atoms with Gasteiger partial charge in [-0.2, -0.15) is 9.40 Å². The fraction of sp³-hybridized carbons (Fsp3) is 0.500. The van der Waals surface area contributed by atoms with Crippen molar-refractivity contribution in [3.8, 4) is 5.75 Å². The van der Waals surface area contributed by atoms with Crippen LogP contribution in [0.2, 0.25) is 0 Å². The lowest BCUT2D eigenvalue weighted by molar-refractivity contribution is 0.101. The Labute approximate surface area is 167 Å². The normalized spacial score (nSPS) is 11.8. The molecule has 0 atom stereocenters. The minimum atomic E-state index is -3.61. The molecular formula is C20H29N3O4S. The van der Waals surface area contributed by atoms with Crippen LogP contribution >= 0.6 is 0 Å². The summed E-state index contributed by atoms with van der Waals surface area (Å²) in [5, 5.41) is 4.47. The van der Waals surface area contributed by atoms with Gasteiger partial charge in [0.15, 0.2) is 5.78 Å². The summed E-state index contributed by atoms with van der Waals surface area (Å²) in [6.07, 6.45) is 0. The number of aryl methyl sites for hydroxylation is 1. The second-order valence-electron chi connectivity index (χ2n) is 6.56. The van der Waals surface area contributed by atoms with Crippen molar-refractivity contribution in [1.82, 2.24) is 14.1 Å². The maximum Gasteiger partial charge on any atom is 0.246 e. The van der Waals surface area contributed by atoms with Crippen LogP contribution in [0, 0.1) is 13.8 Å². The van der Waals surface area contributed by atoms with Crippen molar-refractivity contribution in [2.75, 3.05) is 19.7 Å². The first-order valence-corrected chi connectivity index (χ1v) is 10.9. The average Bonchev–Trinajstić information content (AvgIpc) is 2.91. The van der Waals surface area contributed by atoms with E-state index in [0.717, 1.165) is 5.56 Å². The summed E-state index contributed by atoms with van der Waals surface area (Å²) in [5.74, 6) is 0.621. The predicted molar refractivity (Wildman–Crippen MR) is 109 cm³/mol. The number of sulfonamides is 1. The molecule has 0 spiro atoms. The van der Waals surface area contributed by atoms with Gasteiger partial charge in [-0.1, -0.05) is 13.8 Å². The zero-order chi connectivity index (χ0) is 21.1. The number of benzene rings is 1. The van der Waals surface area contributed by atoms with Crippen LogP contribution in [0.5, 0.6) is 5.75 Å². The van der Waals surface area contributed by atoms with E-state index >= 15 is 0 Å². The number of carbonyl (C=O) groups excluding carboxylic acids is 1. The van der Waals surface area contributed by atoms with E-state index in [1.165, 1.54) is 11.2 Å². The Morgan fingerprint density at radius 1 is 1.18 bits per heavy atom. The van der Waals surface area contributed by atoms with Crippen LogP contribution in [-0.2, 0) is 16.6 Å². The third kappa shape index (κ3) is 4.28. The first-order valence-electron chi connectivity index (χ1n) is 9.48. The molecule has 8 heteroatoms. The summed E-state index contributed by atoms with van der Waals surface area (Å²) in [6.45, 7) is 12.1. The van der Waals surface area contributed by atoms with E-state index in [0.29, 0.717) is 48.9 Å². The number of Topliss-reactive ketones (excluding diaryl/α,β-unsaturated/α-hetero) is 1. The maximum atomic E-state index is 13.0. The van der Waals surface area contributed by atoms with E-state index in [2.05, 4.69) is 5.10 Å². The molecule has 0 saturated heterocycles. The third-order valence-electron chi connectivity index (χ3n) is 4.71. The largest absolute Gasteiger partial charge is 0.494 e.